The standard InChI is InChI=1S/C24H30N4O3/c1-16-20(23(29)26-14-17-7-5-10-19(13-17)31-2)15-25-22(27-16)21-11-3-4-12-28(21)24(30)18-8-6-9-18/h5,7,10,13,15,18,21H,3-4,6,8-9,11-12,14H2,1-2H3,(H,26,29)/t21-/m0/s1. The van der Waals surface area contributed by atoms with Gasteiger partial charge in [0.15, 0.2) is 5.82 Å². The maximum atomic E-state index is 12.9. The van der Waals surface area contributed by atoms with E-state index >= 15 is 0 Å². The molecule has 1 N–H and O–H groups in total. The average Bonchev–Trinajstić information content (AvgIpc) is 2.76. The molecular weight excluding hydrogens is 392 g/mol. The van der Waals surface area contributed by atoms with Gasteiger partial charge in [0.05, 0.1) is 24.4 Å². The zero-order valence-corrected chi connectivity index (χ0v) is 18.3. The Morgan fingerprint density at radius 1 is 1.19 bits per heavy atom. The van der Waals surface area contributed by atoms with Crippen LogP contribution in [0.4, 0.5) is 0 Å². The van der Waals surface area contributed by atoms with E-state index in [0.29, 0.717) is 23.6 Å². The van der Waals surface area contributed by atoms with E-state index in [1.54, 1.807) is 13.3 Å². The Bertz CT molecular complexity index is 958. The lowest BCUT2D eigenvalue weighted by Gasteiger charge is -2.39. The van der Waals surface area contributed by atoms with Gasteiger partial charge in [0.25, 0.3) is 5.91 Å². The number of carbonyl (C=O) groups is 2. The maximum Gasteiger partial charge on any atom is 0.254 e. The number of hydrogen-bond acceptors (Lipinski definition) is 5. The monoisotopic (exact) mass is 422 g/mol. The van der Waals surface area contributed by atoms with Crippen molar-refractivity contribution in [1.82, 2.24) is 20.2 Å². The largest absolute Gasteiger partial charge is 0.497 e. The minimum absolute atomic E-state index is 0.0885. The molecule has 2 heterocycles. The highest BCUT2D eigenvalue weighted by molar-refractivity contribution is 5.94. The number of nitrogens with zero attached hydrogens (tertiary/aromatic N) is 3. The molecule has 2 aliphatic rings. The van der Waals surface area contributed by atoms with Gasteiger partial charge in [-0.1, -0.05) is 18.6 Å². The van der Waals surface area contributed by atoms with Crippen molar-refractivity contribution in [3.8, 4) is 5.75 Å². The molecule has 7 nitrogen and oxygen atoms in total. The number of amides is 2. The van der Waals surface area contributed by atoms with Crippen molar-refractivity contribution in [2.75, 3.05) is 13.7 Å². The van der Waals surface area contributed by atoms with Crippen molar-refractivity contribution in [1.29, 1.82) is 0 Å². The SMILES string of the molecule is COc1cccc(CNC(=O)c2cnc([C@@H]3CCCCN3C(=O)C3CCC3)nc2C)c1. The number of methoxy groups -OCH3 is 1. The van der Waals surface area contributed by atoms with Gasteiger partial charge in [-0.15, -0.1) is 0 Å². The van der Waals surface area contributed by atoms with Crippen molar-refractivity contribution < 1.29 is 14.3 Å². The van der Waals surface area contributed by atoms with Crippen molar-refractivity contribution in [3.05, 3.63) is 53.1 Å². The maximum absolute atomic E-state index is 12.9. The fourth-order valence-corrected chi connectivity index (χ4v) is 4.28. The van der Waals surface area contributed by atoms with Crippen LogP contribution < -0.4 is 10.1 Å². The Kier molecular flexibility index (Phi) is 6.49. The molecule has 1 saturated heterocycles. The highest BCUT2D eigenvalue weighted by Gasteiger charge is 2.36. The number of piperidine rings is 1. The van der Waals surface area contributed by atoms with Gasteiger partial charge in [-0.2, -0.15) is 0 Å². The minimum atomic E-state index is -0.210. The average molecular weight is 423 g/mol. The van der Waals surface area contributed by atoms with Gasteiger partial charge in [0.2, 0.25) is 5.91 Å². The first-order chi connectivity index (χ1) is 15.1. The summed E-state index contributed by atoms with van der Waals surface area (Å²) in [5.41, 5.74) is 2.05. The quantitative estimate of drug-likeness (QED) is 0.769. The number of rotatable bonds is 6. The lowest BCUT2D eigenvalue weighted by Crippen LogP contribution is -2.44. The first kappa shape index (κ1) is 21.3. The Morgan fingerprint density at radius 3 is 2.74 bits per heavy atom. The van der Waals surface area contributed by atoms with Crippen LogP contribution in [0.3, 0.4) is 0 Å². The molecule has 1 atom stereocenters. The zero-order valence-electron chi connectivity index (χ0n) is 18.3. The van der Waals surface area contributed by atoms with Crippen molar-refractivity contribution >= 4 is 11.8 Å². The number of likely N-dealkylation sites (tertiary alicyclic amines) is 1. The third-order valence-electron chi connectivity index (χ3n) is 6.37. The normalized spacial score (nSPS) is 18.9. The molecule has 0 radical (unpaired) electrons. The fraction of sp³-hybridized carbons (Fsp3) is 0.500. The lowest BCUT2D eigenvalue weighted by molar-refractivity contribution is -0.142. The molecule has 164 valence electrons. The van der Waals surface area contributed by atoms with Crippen LogP contribution in [0, 0.1) is 12.8 Å². The molecule has 1 aliphatic carbocycles. The molecular formula is C24H30N4O3. The molecule has 7 heteroatoms. The predicted octanol–water partition coefficient (Wildman–Crippen LogP) is 3.58. The molecule has 2 amide bonds. The third kappa shape index (κ3) is 4.70. The summed E-state index contributed by atoms with van der Waals surface area (Å²) in [6.45, 7) is 2.99. The van der Waals surface area contributed by atoms with E-state index in [1.165, 1.54) is 0 Å². The number of ether oxygens (including phenoxy) is 1. The molecule has 2 aromatic rings. The van der Waals surface area contributed by atoms with Crippen LogP contribution in [0.2, 0.25) is 0 Å². The summed E-state index contributed by atoms with van der Waals surface area (Å²) in [6.07, 6.45) is 7.69. The number of nitrogens with one attached hydrogen (secondary N) is 1. The summed E-state index contributed by atoms with van der Waals surface area (Å²) in [5.74, 6) is 1.61. The van der Waals surface area contributed by atoms with Gasteiger partial charge in [-0.05, 0) is 56.7 Å². The van der Waals surface area contributed by atoms with Crippen LogP contribution >= 0.6 is 0 Å². The van der Waals surface area contributed by atoms with E-state index in [-0.39, 0.29) is 23.8 Å². The topological polar surface area (TPSA) is 84.4 Å². The van der Waals surface area contributed by atoms with Gasteiger partial charge in [-0.25, -0.2) is 9.97 Å². The smallest absolute Gasteiger partial charge is 0.254 e. The molecule has 1 aromatic heterocycles. The van der Waals surface area contributed by atoms with Crippen LogP contribution in [0.1, 0.15) is 72.0 Å². The van der Waals surface area contributed by atoms with Gasteiger partial charge in [0, 0.05) is 25.2 Å². The molecule has 4 rings (SSSR count). The molecule has 1 aliphatic heterocycles. The second kappa shape index (κ2) is 9.45. The Labute approximate surface area is 183 Å². The second-order valence-electron chi connectivity index (χ2n) is 8.43. The summed E-state index contributed by atoms with van der Waals surface area (Å²) >= 11 is 0. The highest BCUT2D eigenvalue weighted by atomic mass is 16.5. The predicted molar refractivity (Wildman–Crippen MR) is 117 cm³/mol. The molecule has 0 spiro atoms. The summed E-state index contributed by atoms with van der Waals surface area (Å²) in [5, 5.41) is 2.92. The summed E-state index contributed by atoms with van der Waals surface area (Å²) in [7, 11) is 1.62. The Hall–Kier alpha value is -2.96. The number of benzene rings is 1. The molecule has 2 fully saturated rings. The van der Waals surface area contributed by atoms with Gasteiger partial charge in [-0.3, -0.25) is 9.59 Å². The summed E-state index contributed by atoms with van der Waals surface area (Å²) in [6, 6.07) is 7.50. The fourth-order valence-electron chi connectivity index (χ4n) is 4.28. The first-order valence-electron chi connectivity index (χ1n) is 11.1. The number of carbonyl (C=O) groups excluding carboxylic acids is 2. The number of hydrogen-bond donors (Lipinski definition) is 1. The van der Waals surface area contributed by atoms with E-state index < -0.39 is 0 Å². The van der Waals surface area contributed by atoms with Crippen molar-refractivity contribution in [2.45, 2.75) is 58.0 Å². The van der Waals surface area contributed by atoms with Gasteiger partial charge in [0.1, 0.15) is 5.75 Å². The van der Waals surface area contributed by atoms with Gasteiger partial charge >= 0.3 is 0 Å². The van der Waals surface area contributed by atoms with E-state index in [2.05, 4.69) is 15.3 Å². The lowest BCUT2D eigenvalue weighted by atomic mass is 9.83. The van der Waals surface area contributed by atoms with E-state index in [0.717, 1.165) is 56.4 Å². The van der Waals surface area contributed by atoms with E-state index in [1.807, 2.05) is 36.1 Å². The molecule has 31 heavy (non-hydrogen) atoms. The Morgan fingerprint density at radius 2 is 2.03 bits per heavy atom. The van der Waals surface area contributed by atoms with Crippen molar-refractivity contribution in [3.63, 3.8) is 0 Å². The second-order valence-corrected chi connectivity index (χ2v) is 8.43. The summed E-state index contributed by atoms with van der Waals surface area (Å²) < 4.78 is 5.23. The van der Waals surface area contributed by atoms with E-state index in [4.69, 9.17) is 4.74 Å². The third-order valence-corrected chi connectivity index (χ3v) is 6.37. The number of aromatic nitrogens is 2. The molecule has 1 saturated carbocycles. The van der Waals surface area contributed by atoms with E-state index in [9.17, 15) is 9.59 Å². The van der Waals surface area contributed by atoms with Crippen LogP contribution in [-0.4, -0.2) is 40.3 Å². The van der Waals surface area contributed by atoms with Crippen LogP contribution in [-0.2, 0) is 11.3 Å². The Balaban J connectivity index is 1.45. The van der Waals surface area contributed by atoms with Crippen LogP contribution in [0.5, 0.6) is 5.75 Å². The zero-order chi connectivity index (χ0) is 21.8. The molecule has 1 aromatic carbocycles. The molecule has 0 bridgehead atoms. The van der Waals surface area contributed by atoms with Crippen molar-refractivity contribution in [2.24, 2.45) is 5.92 Å². The minimum Gasteiger partial charge on any atom is -0.497 e. The molecule has 0 unspecified atom stereocenters. The highest BCUT2D eigenvalue weighted by Crippen LogP contribution is 2.35. The van der Waals surface area contributed by atoms with Gasteiger partial charge < -0.3 is 15.0 Å². The number of aryl methyl sites for hydroxylation is 1. The van der Waals surface area contributed by atoms with Crippen LogP contribution in [0.25, 0.3) is 0 Å². The first-order valence-corrected chi connectivity index (χ1v) is 11.1. The van der Waals surface area contributed by atoms with Crippen LogP contribution in [0.15, 0.2) is 30.5 Å². The summed E-state index contributed by atoms with van der Waals surface area (Å²) in [4.78, 5) is 36.7.